The number of benzene rings is 4. The quantitative estimate of drug-likeness (QED) is 0.125. The van der Waals surface area contributed by atoms with Gasteiger partial charge in [0.15, 0.2) is 5.13 Å². The highest BCUT2D eigenvalue weighted by Crippen LogP contribution is 2.29. The van der Waals surface area contributed by atoms with Crippen LogP contribution >= 0.6 is 23.1 Å². The van der Waals surface area contributed by atoms with Crippen LogP contribution in [0.15, 0.2) is 114 Å². The summed E-state index contributed by atoms with van der Waals surface area (Å²) in [5.41, 5.74) is 3.71. The first-order valence-electron chi connectivity index (χ1n) is 13.2. The zero-order chi connectivity index (χ0) is 29.5. The van der Waals surface area contributed by atoms with Gasteiger partial charge in [0.25, 0.3) is 11.8 Å². The van der Waals surface area contributed by atoms with Gasteiger partial charge in [-0.3, -0.25) is 14.4 Å². The molecule has 210 valence electrons. The maximum atomic E-state index is 13.4. The Morgan fingerprint density at radius 2 is 1.60 bits per heavy atom. The number of carbonyl (C=O) groups excluding carboxylic acids is 3. The molecule has 0 aliphatic carbocycles. The molecule has 1 aromatic heterocycles. The monoisotopic (exact) mass is 592 g/mol. The summed E-state index contributed by atoms with van der Waals surface area (Å²) in [6.45, 7) is 3.76. The van der Waals surface area contributed by atoms with E-state index in [4.69, 9.17) is 0 Å². The third-order valence-corrected chi connectivity index (χ3v) is 8.36. The summed E-state index contributed by atoms with van der Waals surface area (Å²) in [6, 6.07) is 31.3. The van der Waals surface area contributed by atoms with Crippen LogP contribution in [-0.4, -0.2) is 28.0 Å². The van der Waals surface area contributed by atoms with E-state index in [1.165, 1.54) is 23.1 Å². The van der Waals surface area contributed by atoms with E-state index < -0.39 is 11.2 Å². The molecular weight excluding hydrogens is 565 g/mol. The average molecular weight is 593 g/mol. The molecule has 0 radical (unpaired) electrons. The smallest absolute Gasteiger partial charge is 0.272 e. The van der Waals surface area contributed by atoms with Crippen molar-refractivity contribution in [3.63, 3.8) is 0 Å². The van der Waals surface area contributed by atoms with E-state index in [1.54, 1.807) is 42.5 Å². The summed E-state index contributed by atoms with van der Waals surface area (Å²) >= 11 is 2.80. The van der Waals surface area contributed by atoms with Gasteiger partial charge in [0.2, 0.25) is 5.91 Å². The van der Waals surface area contributed by atoms with Crippen LogP contribution in [0.1, 0.15) is 28.4 Å². The highest BCUT2D eigenvalue weighted by Gasteiger charge is 2.18. The third kappa shape index (κ3) is 7.31. The number of carbonyl (C=O) groups is 3. The second-order valence-electron chi connectivity index (χ2n) is 9.45. The summed E-state index contributed by atoms with van der Waals surface area (Å²) < 4.78 is 1.01. The molecule has 3 N–H and O–H groups in total. The van der Waals surface area contributed by atoms with Crippen molar-refractivity contribution in [2.45, 2.75) is 24.0 Å². The van der Waals surface area contributed by atoms with Gasteiger partial charge in [0.05, 0.1) is 15.5 Å². The number of anilines is 2. The van der Waals surface area contributed by atoms with E-state index in [2.05, 4.69) is 20.9 Å². The van der Waals surface area contributed by atoms with Crippen molar-refractivity contribution in [2.75, 3.05) is 10.6 Å². The van der Waals surface area contributed by atoms with Crippen LogP contribution in [0, 0.1) is 6.92 Å². The predicted molar refractivity (Wildman–Crippen MR) is 172 cm³/mol. The highest BCUT2D eigenvalue weighted by molar-refractivity contribution is 8.00. The molecule has 5 rings (SSSR count). The zero-order valence-corrected chi connectivity index (χ0v) is 24.6. The Hall–Kier alpha value is -4.73. The molecule has 42 heavy (non-hydrogen) atoms. The number of hydrogen-bond donors (Lipinski definition) is 3. The van der Waals surface area contributed by atoms with Gasteiger partial charge in [-0.25, -0.2) is 4.98 Å². The molecule has 0 fully saturated rings. The van der Waals surface area contributed by atoms with Gasteiger partial charge < -0.3 is 16.0 Å². The molecule has 0 saturated heterocycles. The molecule has 0 aliphatic rings. The van der Waals surface area contributed by atoms with Gasteiger partial charge in [0.1, 0.15) is 5.70 Å². The van der Waals surface area contributed by atoms with Gasteiger partial charge in [-0.05, 0) is 73.5 Å². The molecule has 4 aromatic carbocycles. The molecule has 9 heteroatoms. The third-order valence-electron chi connectivity index (χ3n) is 6.32. The fourth-order valence-electron chi connectivity index (χ4n) is 4.08. The fourth-order valence-corrected chi connectivity index (χ4v) is 5.88. The Bertz CT molecular complexity index is 1750. The van der Waals surface area contributed by atoms with Crippen LogP contribution in [0.25, 0.3) is 16.3 Å². The molecule has 3 amide bonds. The topological polar surface area (TPSA) is 100 Å². The SMILES string of the molecule is Cc1ccccc1/C=C(\NC(=O)c1ccccc1)C(=O)Nc1cccc(SC(C)C(=O)Nc2nc3ccccc3s2)c1. The van der Waals surface area contributed by atoms with Gasteiger partial charge >= 0.3 is 0 Å². The average Bonchev–Trinajstić information content (AvgIpc) is 3.40. The lowest BCUT2D eigenvalue weighted by Gasteiger charge is -2.14. The first-order valence-corrected chi connectivity index (χ1v) is 14.9. The van der Waals surface area contributed by atoms with Crippen molar-refractivity contribution in [3.05, 3.63) is 126 Å². The molecule has 0 saturated carbocycles. The van der Waals surface area contributed by atoms with E-state index >= 15 is 0 Å². The number of amides is 3. The van der Waals surface area contributed by atoms with Crippen molar-refractivity contribution in [1.82, 2.24) is 10.3 Å². The lowest BCUT2D eigenvalue weighted by molar-refractivity contribution is -0.115. The molecule has 1 unspecified atom stereocenters. The van der Waals surface area contributed by atoms with Crippen LogP contribution < -0.4 is 16.0 Å². The first-order chi connectivity index (χ1) is 20.4. The molecule has 1 atom stereocenters. The van der Waals surface area contributed by atoms with Crippen LogP contribution in [0.2, 0.25) is 0 Å². The van der Waals surface area contributed by atoms with E-state index in [0.29, 0.717) is 16.4 Å². The molecule has 0 bridgehead atoms. The summed E-state index contributed by atoms with van der Waals surface area (Å²) in [4.78, 5) is 44.5. The molecule has 0 aliphatic heterocycles. The van der Waals surface area contributed by atoms with E-state index in [9.17, 15) is 14.4 Å². The van der Waals surface area contributed by atoms with Crippen molar-refractivity contribution in [2.24, 2.45) is 0 Å². The number of thiazole rings is 1. The normalized spacial score (nSPS) is 12.0. The minimum Gasteiger partial charge on any atom is -0.321 e. The van der Waals surface area contributed by atoms with E-state index in [1.807, 2.05) is 80.6 Å². The maximum Gasteiger partial charge on any atom is 0.272 e. The Kier molecular flexibility index (Phi) is 9.11. The number of aryl methyl sites for hydroxylation is 1. The number of hydrogen-bond acceptors (Lipinski definition) is 6. The Morgan fingerprint density at radius 1 is 0.857 bits per heavy atom. The van der Waals surface area contributed by atoms with Crippen LogP contribution in [-0.2, 0) is 9.59 Å². The first kappa shape index (κ1) is 28.8. The number of fused-ring (bicyclic) bond motifs is 1. The molecule has 5 aromatic rings. The van der Waals surface area contributed by atoms with E-state index in [-0.39, 0.29) is 17.5 Å². The summed E-state index contributed by atoms with van der Waals surface area (Å²) in [5, 5.41) is 8.71. The molecule has 7 nitrogen and oxygen atoms in total. The van der Waals surface area contributed by atoms with Crippen molar-refractivity contribution >= 4 is 67.9 Å². The predicted octanol–water partition coefficient (Wildman–Crippen LogP) is 7.13. The van der Waals surface area contributed by atoms with Gasteiger partial charge in [-0.2, -0.15) is 0 Å². The standard InChI is InChI=1S/C33H28N4O3S2/c1-21-11-6-7-14-24(21)19-28(35-31(39)23-12-4-3-5-13-23)32(40)34-25-15-10-16-26(20-25)41-22(2)30(38)37-33-36-27-17-8-9-18-29(27)42-33/h3-20,22H,1-2H3,(H,34,40)(H,35,39)(H,36,37,38)/b28-19-. The minimum absolute atomic E-state index is 0.111. The largest absolute Gasteiger partial charge is 0.321 e. The fraction of sp³-hybridized carbons (Fsp3) is 0.0909. The van der Waals surface area contributed by atoms with Crippen molar-refractivity contribution in [3.8, 4) is 0 Å². The van der Waals surface area contributed by atoms with Gasteiger partial charge in [0, 0.05) is 16.1 Å². The van der Waals surface area contributed by atoms with Gasteiger partial charge in [-0.15, -0.1) is 11.8 Å². The summed E-state index contributed by atoms with van der Waals surface area (Å²) in [5.74, 6) is -1.02. The molecule has 1 heterocycles. The number of nitrogens with one attached hydrogen (secondary N) is 3. The lowest BCUT2D eigenvalue weighted by Crippen LogP contribution is -2.30. The van der Waals surface area contributed by atoms with Crippen molar-refractivity contribution in [1.29, 1.82) is 0 Å². The minimum atomic E-state index is -0.466. The van der Waals surface area contributed by atoms with Gasteiger partial charge in [-0.1, -0.05) is 72.0 Å². The number of rotatable bonds is 9. The molecule has 0 spiro atoms. The highest BCUT2D eigenvalue weighted by atomic mass is 32.2. The van der Waals surface area contributed by atoms with E-state index in [0.717, 1.165) is 26.2 Å². The second kappa shape index (κ2) is 13.3. The number of nitrogens with zero attached hydrogens (tertiary/aromatic N) is 1. The number of thioether (sulfide) groups is 1. The van der Waals surface area contributed by atoms with Crippen LogP contribution in [0.4, 0.5) is 10.8 Å². The zero-order valence-electron chi connectivity index (χ0n) is 23.0. The summed E-state index contributed by atoms with van der Waals surface area (Å²) in [6.07, 6.45) is 1.67. The Morgan fingerprint density at radius 3 is 2.38 bits per heavy atom. The van der Waals surface area contributed by atoms with Crippen LogP contribution in [0.3, 0.4) is 0 Å². The van der Waals surface area contributed by atoms with Crippen molar-refractivity contribution < 1.29 is 14.4 Å². The van der Waals surface area contributed by atoms with Crippen LogP contribution in [0.5, 0.6) is 0 Å². The lowest BCUT2D eigenvalue weighted by atomic mass is 10.1. The Labute approximate surface area is 252 Å². The Balaban J connectivity index is 1.28. The second-order valence-corrected chi connectivity index (χ2v) is 11.9. The number of para-hydroxylation sites is 1. The number of aromatic nitrogens is 1. The maximum absolute atomic E-state index is 13.4. The molecular formula is C33H28N4O3S2. The summed E-state index contributed by atoms with van der Waals surface area (Å²) in [7, 11) is 0.